The second kappa shape index (κ2) is 10.2. The van der Waals surface area contributed by atoms with Crippen molar-refractivity contribution in [3.63, 3.8) is 0 Å². The molecule has 0 spiro atoms. The molecule has 186 valence electrons. The average Bonchev–Trinajstić information content (AvgIpc) is 3.07. The predicted molar refractivity (Wildman–Crippen MR) is 133 cm³/mol. The number of benzene rings is 2. The second-order valence-corrected chi connectivity index (χ2v) is 10.7. The molecule has 1 atom stereocenters. The SMILES string of the molecule is COc1ccccc1CC1(C)NC(=O)N(CN2CCN(S(=O)(=O)/C=C/c3ccccc3)CC2)C1=O. The Kier molecular flexibility index (Phi) is 7.25. The molecule has 2 aliphatic rings. The lowest BCUT2D eigenvalue weighted by molar-refractivity contribution is -0.132. The van der Waals surface area contributed by atoms with Crippen LogP contribution in [0.5, 0.6) is 5.75 Å². The lowest BCUT2D eigenvalue weighted by Gasteiger charge is -2.34. The molecule has 2 aromatic carbocycles. The Morgan fingerprint density at radius 3 is 2.34 bits per heavy atom. The van der Waals surface area contributed by atoms with Gasteiger partial charge in [0.2, 0.25) is 10.0 Å². The molecule has 2 heterocycles. The number of ether oxygens (including phenoxy) is 1. The summed E-state index contributed by atoms with van der Waals surface area (Å²) in [6.45, 7) is 3.22. The highest BCUT2D eigenvalue weighted by atomic mass is 32.2. The largest absolute Gasteiger partial charge is 0.496 e. The second-order valence-electron chi connectivity index (χ2n) is 8.90. The van der Waals surface area contributed by atoms with Gasteiger partial charge in [-0.3, -0.25) is 9.69 Å². The number of amides is 3. The molecular weight excluding hydrogens is 468 g/mol. The van der Waals surface area contributed by atoms with E-state index in [2.05, 4.69) is 5.32 Å². The topological polar surface area (TPSA) is 99.3 Å². The highest BCUT2D eigenvalue weighted by molar-refractivity contribution is 7.92. The van der Waals surface area contributed by atoms with Gasteiger partial charge in [0.05, 0.1) is 13.8 Å². The fourth-order valence-electron chi connectivity index (χ4n) is 4.37. The number of sulfonamides is 1. The number of urea groups is 1. The molecule has 2 fully saturated rings. The number of hydrogen-bond acceptors (Lipinski definition) is 6. The number of methoxy groups -OCH3 is 1. The van der Waals surface area contributed by atoms with E-state index in [4.69, 9.17) is 4.74 Å². The van der Waals surface area contributed by atoms with Crippen molar-refractivity contribution in [1.82, 2.24) is 19.4 Å². The monoisotopic (exact) mass is 498 g/mol. The minimum atomic E-state index is -3.56. The van der Waals surface area contributed by atoms with Crippen LogP contribution in [0, 0.1) is 0 Å². The molecule has 9 nitrogen and oxygen atoms in total. The molecule has 10 heteroatoms. The highest BCUT2D eigenvalue weighted by Gasteiger charge is 2.48. The normalized spacial score (nSPS) is 22.1. The Morgan fingerprint density at radius 2 is 1.66 bits per heavy atom. The number of piperazine rings is 1. The van der Waals surface area contributed by atoms with Gasteiger partial charge in [0, 0.05) is 38.0 Å². The quantitative estimate of drug-likeness (QED) is 0.560. The summed E-state index contributed by atoms with van der Waals surface area (Å²) in [6, 6.07) is 16.2. The summed E-state index contributed by atoms with van der Waals surface area (Å²) in [5.41, 5.74) is 0.555. The van der Waals surface area contributed by atoms with Gasteiger partial charge < -0.3 is 10.1 Å². The first-order chi connectivity index (χ1) is 16.7. The molecule has 2 aliphatic heterocycles. The molecule has 0 aliphatic carbocycles. The van der Waals surface area contributed by atoms with Crippen molar-refractivity contribution in [3.05, 3.63) is 71.1 Å². The molecule has 2 saturated heterocycles. The number of imide groups is 1. The van der Waals surface area contributed by atoms with Gasteiger partial charge in [0.1, 0.15) is 11.3 Å². The molecule has 1 N–H and O–H groups in total. The van der Waals surface area contributed by atoms with E-state index in [1.807, 2.05) is 59.5 Å². The molecule has 0 bridgehead atoms. The maximum absolute atomic E-state index is 13.2. The van der Waals surface area contributed by atoms with Crippen LogP contribution in [-0.4, -0.2) is 80.0 Å². The number of hydrogen-bond donors (Lipinski definition) is 1. The zero-order valence-electron chi connectivity index (χ0n) is 19.9. The van der Waals surface area contributed by atoms with Gasteiger partial charge in [-0.05, 0) is 30.2 Å². The van der Waals surface area contributed by atoms with Crippen molar-refractivity contribution in [3.8, 4) is 5.75 Å². The van der Waals surface area contributed by atoms with Crippen LogP contribution in [0.15, 0.2) is 60.0 Å². The Morgan fingerprint density at radius 1 is 1.00 bits per heavy atom. The summed E-state index contributed by atoms with van der Waals surface area (Å²) >= 11 is 0. The number of nitrogens with zero attached hydrogens (tertiary/aromatic N) is 3. The van der Waals surface area contributed by atoms with E-state index in [-0.39, 0.29) is 25.7 Å². The van der Waals surface area contributed by atoms with Crippen molar-refractivity contribution in [2.24, 2.45) is 0 Å². The van der Waals surface area contributed by atoms with Crippen molar-refractivity contribution in [2.45, 2.75) is 18.9 Å². The van der Waals surface area contributed by atoms with Gasteiger partial charge in [-0.25, -0.2) is 18.1 Å². The third-order valence-corrected chi connectivity index (χ3v) is 7.91. The van der Waals surface area contributed by atoms with E-state index in [1.165, 1.54) is 14.6 Å². The van der Waals surface area contributed by atoms with Crippen LogP contribution in [0.3, 0.4) is 0 Å². The van der Waals surface area contributed by atoms with Crippen molar-refractivity contribution < 1.29 is 22.7 Å². The number of carbonyl (C=O) groups is 2. The lowest BCUT2D eigenvalue weighted by atomic mass is 9.92. The summed E-state index contributed by atoms with van der Waals surface area (Å²) in [6.07, 6.45) is 1.88. The van der Waals surface area contributed by atoms with Gasteiger partial charge in [-0.2, -0.15) is 4.31 Å². The molecule has 35 heavy (non-hydrogen) atoms. The zero-order valence-corrected chi connectivity index (χ0v) is 20.7. The molecule has 0 aromatic heterocycles. The van der Waals surface area contributed by atoms with Crippen molar-refractivity contribution in [1.29, 1.82) is 0 Å². The molecular formula is C25H30N4O5S. The number of para-hydroxylation sites is 1. The molecule has 3 amide bonds. The molecule has 0 saturated carbocycles. The van der Waals surface area contributed by atoms with Crippen LogP contribution < -0.4 is 10.1 Å². The van der Waals surface area contributed by atoms with Gasteiger partial charge >= 0.3 is 6.03 Å². The number of nitrogens with one attached hydrogen (secondary N) is 1. The lowest BCUT2D eigenvalue weighted by Crippen LogP contribution is -2.52. The predicted octanol–water partition coefficient (Wildman–Crippen LogP) is 2.12. The van der Waals surface area contributed by atoms with Crippen molar-refractivity contribution >= 4 is 28.0 Å². The maximum Gasteiger partial charge on any atom is 0.326 e. The van der Waals surface area contributed by atoms with Gasteiger partial charge in [-0.1, -0.05) is 48.5 Å². The Hall–Kier alpha value is -3.21. The Balaban J connectivity index is 1.35. The zero-order chi connectivity index (χ0) is 25.1. The third kappa shape index (κ3) is 5.55. The van der Waals surface area contributed by atoms with E-state index < -0.39 is 21.6 Å². The van der Waals surface area contributed by atoms with Crippen molar-refractivity contribution in [2.75, 3.05) is 40.0 Å². The Bertz CT molecular complexity index is 1210. The van der Waals surface area contributed by atoms with Crippen LogP contribution in [0.25, 0.3) is 6.08 Å². The fraction of sp³-hybridized carbons (Fsp3) is 0.360. The average molecular weight is 499 g/mol. The van der Waals surface area contributed by atoms with Gasteiger partial charge in [0.15, 0.2) is 0 Å². The smallest absolute Gasteiger partial charge is 0.326 e. The Labute approximate surface area is 206 Å². The van der Waals surface area contributed by atoms with Crippen LogP contribution in [0.2, 0.25) is 0 Å². The summed E-state index contributed by atoms with van der Waals surface area (Å²) in [5.74, 6) is 0.349. The van der Waals surface area contributed by atoms with E-state index in [1.54, 1.807) is 20.1 Å². The summed E-state index contributed by atoms with van der Waals surface area (Å²) in [7, 11) is -1.99. The fourth-order valence-corrected chi connectivity index (χ4v) is 5.54. The minimum Gasteiger partial charge on any atom is -0.496 e. The third-order valence-electron chi connectivity index (χ3n) is 6.35. The van der Waals surface area contributed by atoms with Crippen LogP contribution in [0.1, 0.15) is 18.1 Å². The summed E-state index contributed by atoms with van der Waals surface area (Å²) < 4.78 is 32.2. The van der Waals surface area contributed by atoms with Crippen LogP contribution >= 0.6 is 0 Å². The van der Waals surface area contributed by atoms with Crippen LogP contribution in [0.4, 0.5) is 4.79 Å². The standard InChI is InChI=1S/C25H30N4O5S/c1-25(18-21-10-6-7-11-22(21)34-2)23(30)29(24(31)26-25)19-27-13-15-28(16-14-27)35(32,33)17-12-20-8-4-3-5-9-20/h3-12,17H,13-16,18-19H2,1-2H3,(H,26,31)/b17-12+. The van der Waals surface area contributed by atoms with Crippen LogP contribution in [-0.2, 0) is 21.2 Å². The van der Waals surface area contributed by atoms with E-state index in [0.717, 1.165) is 11.1 Å². The first-order valence-electron chi connectivity index (χ1n) is 11.4. The first-order valence-corrected chi connectivity index (χ1v) is 12.9. The van der Waals surface area contributed by atoms with E-state index in [0.29, 0.717) is 25.3 Å². The van der Waals surface area contributed by atoms with Gasteiger partial charge in [0.25, 0.3) is 5.91 Å². The summed E-state index contributed by atoms with van der Waals surface area (Å²) in [5, 5.41) is 4.05. The maximum atomic E-state index is 13.2. The number of carbonyl (C=O) groups excluding carboxylic acids is 2. The number of rotatable bonds is 8. The van der Waals surface area contributed by atoms with E-state index >= 15 is 0 Å². The summed E-state index contributed by atoms with van der Waals surface area (Å²) in [4.78, 5) is 29.0. The van der Waals surface area contributed by atoms with Gasteiger partial charge in [-0.15, -0.1) is 0 Å². The molecule has 4 rings (SSSR count). The molecule has 1 unspecified atom stereocenters. The van der Waals surface area contributed by atoms with E-state index in [9.17, 15) is 18.0 Å². The molecule has 2 aromatic rings. The minimum absolute atomic E-state index is 0.111. The molecule has 0 radical (unpaired) electrons. The first kappa shape index (κ1) is 24.9. The highest BCUT2D eigenvalue weighted by Crippen LogP contribution is 2.27.